The van der Waals surface area contributed by atoms with E-state index in [2.05, 4.69) is 23.3 Å². The van der Waals surface area contributed by atoms with Crippen molar-refractivity contribution in [3.05, 3.63) is 35.0 Å². The molecule has 2 aromatic rings. The number of rotatable bonds is 2. The van der Waals surface area contributed by atoms with Gasteiger partial charge in [-0.3, -0.25) is 4.98 Å². The van der Waals surface area contributed by atoms with Crippen LogP contribution in [0.4, 0.5) is 5.69 Å². The smallest absolute Gasteiger partial charge is 0.0752 e. The van der Waals surface area contributed by atoms with Gasteiger partial charge in [-0.15, -0.1) is 0 Å². The highest BCUT2D eigenvalue weighted by Crippen LogP contribution is 2.34. The molecule has 2 nitrogen and oxygen atoms in total. The van der Waals surface area contributed by atoms with Crippen LogP contribution in [0.2, 0.25) is 5.02 Å². The fourth-order valence-electron chi connectivity index (χ4n) is 2.98. The van der Waals surface area contributed by atoms with E-state index in [1.165, 1.54) is 32.1 Å². The molecule has 0 saturated heterocycles. The van der Waals surface area contributed by atoms with Crippen molar-refractivity contribution in [2.75, 3.05) is 5.32 Å². The van der Waals surface area contributed by atoms with E-state index in [0.717, 1.165) is 27.2 Å². The molecule has 1 aromatic carbocycles. The van der Waals surface area contributed by atoms with Crippen molar-refractivity contribution in [3.63, 3.8) is 0 Å². The first kappa shape index (κ1) is 12.7. The molecule has 1 aromatic heterocycles. The summed E-state index contributed by atoms with van der Waals surface area (Å²) in [6.07, 6.45) is 8.32. The monoisotopic (exact) mass is 274 g/mol. The van der Waals surface area contributed by atoms with Crippen LogP contribution in [0.5, 0.6) is 0 Å². The molecule has 1 N–H and O–H groups in total. The number of nitrogens with zero attached hydrogens (tertiary/aromatic N) is 1. The predicted molar refractivity (Wildman–Crippen MR) is 82.0 cm³/mol. The Morgan fingerprint density at radius 3 is 2.84 bits per heavy atom. The number of anilines is 1. The van der Waals surface area contributed by atoms with E-state index in [9.17, 15) is 0 Å². The highest BCUT2D eigenvalue weighted by Gasteiger charge is 2.16. The van der Waals surface area contributed by atoms with Gasteiger partial charge in [-0.05, 0) is 43.5 Å². The SMILES string of the molecule is Cc1cc(Cl)c(NC2CCCCC2)c2cccnc12. The first-order valence-electron chi connectivity index (χ1n) is 7.06. The fourth-order valence-corrected chi connectivity index (χ4v) is 3.30. The average molecular weight is 275 g/mol. The van der Waals surface area contributed by atoms with Gasteiger partial charge in [0.05, 0.1) is 16.2 Å². The summed E-state index contributed by atoms with van der Waals surface area (Å²) in [6, 6.07) is 6.65. The topological polar surface area (TPSA) is 24.9 Å². The second-order valence-corrected chi connectivity index (χ2v) is 5.84. The largest absolute Gasteiger partial charge is 0.381 e. The molecule has 0 atom stereocenters. The van der Waals surface area contributed by atoms with Crippen molar-refractivity contribution in [2.24, 2.45) is 0 Å². The van der Waals surface area contributed by atoms with E-state index in [1.54, 1.807) is 0 Å². The normalized spacial score (nSPS) is 16.7. The number of hydrogen-bond donors (Lipinski definition) is 1. The van der Waals surface area contributed by atoms with Crippen LogP contribution >= 0.6 is 11.6 Å². The van der Waals surface area contributed by atoms with Gasteiger partial charge in [-0.1, -0.05) is 30.9 Å². The summed E-state index contributed by atoms with van der Waals surface area (Å²) in [6.45, 7) is 2.06. The maximum absolute atomic E-state index is 6.44. The molecule has 100 valence electrons. The van der Waals surface area contributed by atoms with Gasteiger partial charge < -0.3 is 5.32 Å². The highest BCUT2D eigenvalue weighted by molar-refractivity contribution is 6.35. The van der Waals surface area contributed by atoms with Gasteiger partial charge >= 0.3 is 0 Å². The summed E-state index contributed by atoms with van der Waals surface area (Å²) in [7, 11) is 0. The summed E-state index contributed by atoms with van der Waals surface area (Å²) >= 11 is 6.44. The minimum Gasteiger partial charge on any atom is -0.381 e. The van der Waals surface area contributed by atoms with Crippen molar-refractivity contribution in [3.8, 4) is 0 Å². The van der Waals surface area contributed by atoms with Gasteiger partial charge in [0.1, 0.15) is 0 Å². The van der Waals surface area contributed by atoms with Crippen molar-refractivity contribution >= 4 is 28.2 Å². The van der Waals surface area contributed by atoms with Crippen LogP contribution in [0.25, 0.3) is 10.9 Å². The third-order valence-corrected chi connectivity index (χ3v) is 4.28. The average Bonchev–Trinajstić information content (AvgIpc) is 2.45. The molecule has 19 heavy (non-hydrogen) atoms. The van der Waals surface area contributed by atoms with Crippen molar-refractivity contribution in [1.82, 2.24) is 4.98 Å². The zero-order chi connectivity index (χ0) is 13.2. The summed E-state index contributed by atoms with van der Waals surface area (Å²) < 4.78 is 0. The molecular weight excluding hydrogens is 256 g/mol. The second kappa shape index (κ2) is 5.38. The standard InChI is InChI=1S/C16H19ClN2/c1-11-10-14(17)16(13-8-5-9-18-15(11)13)19-12-6-3-2-4-7-12/h5,8-10,12,19H,2-4,6-7H2,1H3. The van der Waals surface area contributed by atoms with Gasteiger partial charge in [0.15, 0.2) is 0 Å². The van der Waals surface area contributed by atoms with E-state index in [-0.39, 0.29) is 0 Å². The van der Waals surface area contributed by atoms with Crippen LogP contribution in [0.15, 0.2) is 24.4 Å². The number of pyridine rings is 1. The second-order valence-electron chi connectivity index (χ2n) is 5.43. The van der Waals surface area contributed by atoms with E-state index in [4.69, 9.17) is 11.6 Å². The van der Waals surface area contributed by atoms with E-state index >= 15 is 0 Å². The Kier molecular flexibility index (Phi) is 3.61. The molecule has 1 aliphatic rings. The Hall–Kier alpha value is -1.28. The lowest BCUT2D eigenvalue weighted by Gasteiger charge is -2.25. The van der Waals surface area contributed by atoms with Gasteiger partial charge in [0, 0.05) is 17.6 Å². The lowest BCUT2D eigenvalue weighted by atomic mass is 9.95. The van der Waals surface area contributed by atoms with Gasteiger partial charge in [0.25, 0.3) is 0 Å². The molecule has 0 amide bonds. The Bertz CT molecular complexity index is 589. The minimum absolute atomic E-state index is 0.553. The van der Waals surface area contributed by atoms with Gasteiger partial charge in [-0.2, -0.15) is 0 Å². The summed E-state index contributed by atoms with van der Waals surface area (Å²) in [5.74, 6) is 0. The molecule has 3 rings (SSSR count). The zero-order valence-corrected chi connectivity index (χ0v) is 12.0. The Labute approximate surface area is 119 Å². The van der Waals surface area contributed by atoms with E-state index in [1.807, 2.05) is 18.3 Å². The number of hydrogen-bond acceptors (Lipinski definition) is 2. The molecule has 0 unspecified atom stereocenters. The summed E-state index contributed by atoms with van der Waals surface area (Å²) in [5.41, 5.74) is 3.24. The van der Waals surface area contributed by atoms with Crippen LogP contribution in [-0.2, 0) is 0 Å². The van der Waals surface area contributed by atoms with Crippen LogP contribution in [0.1, 0.15) is 37.7 Å². The maximum Gasteiger partial charge on any atom is 0.0752 e. The summed E-state index contributed by atoms with van der Waals surface area (Å²) in [4.78, 5) is 4.48. The Morgan fingerprint density at radius 2 is 2.05 bits per heavy atom. The molecule has 3 heteroatoms. The molecule has 1 fully saturated rings. The van der Waals surface area contributed by atoms with E-state index in [0.29, 0.717) is 6.04 Å². The molecule has 0 bridgehead atoms. The van der Waals surface area contributed by atoms with Crippen LogP contribution in [-0.4, -0.2) is 11.0 Å². The van der Waals surface area contributed by atoms with Gasteiger partial charge in [-0.25, -0.2) is 0 Å². The molecule has 0 spiro atoms. The number of aryl methyl sites for hydroxylation is 1. The molecule has 1 aliphatic carbocycles. The molecule has 1 saturated carbocycles. The van der Waals surface area contributed by atoms with Crippen LogP contribution < -0.4 is 5.32 Å². The van der Waals surface area contributed by atoms with Crippen LogP contribution in [0, 0.1) is 6.92 Å². The molecule has 1 heterocycles. The van der Waals surface area contributed by atoms with E-state index < -0.39 is 0 Å². The van der Waals surface area contributed by atoms with Crippen molar-refractivity contribution in [1.29, 1.82) is 0 Å². The summed E-state index contributed by atoms with van der Waals surface area (Å²) in [5, 5.41) is 5.59. The number of nitrogens with one attached hydrogen (secondary N) is 1. The lowest BCUT2D eigenvalue weighted by Crippen LogP contribution is -2.22. The van der Waals surface area contributed by atoms with Crippen molar-refractivity contribution in [2.45, 2.75) is 45.1 Å². The molecular formula is C16H19ClN2. The van der Waals surface area contributed by atoms with Crippen LogP contribution in [0.3, 0.4) is 0 Å². The molecule has 0 aliphatic heterocycles. The van der Waals surface area contributed by atoms with Gasteiger partial charge in [0.2, 0.25) is 0 Å². The minimum atomic E-state index is 0.553. The third kappa shape index (κ3) is 2.55. The fraction of sp³-hybridized carbons (Fsp3) is 0.438. The number of halogens is 1. The number of fused-ring (bicyclic) bond motifs is 1. The first-order valence-corrected chi connectivity index (χ1v) is 7.44. The predicted octanol–water partition coefficient (Wildman–Crippen LogP) is 4.94. The quantitative estimate of drug-likeness (QED) is 0.839. The number of aromatic nitrogens is 1. The lowest BCUT2D eigenvalue weighted by molar-refractivity contribution is 0.463. The van der Waals surface area contributed by atoms with Crippen molar-refractivity contribution < 1.29 is 0 Å². The maximum atomic E-state index is 6.44. The zero-order valence-electron chi connectivity index (χ0n) is 11.2. The first-order chi connectivity index (χ1) is 9.25. The number of benzene rings is 1. The molecule has 0 radical (unpaired) electrons. The Morgan fingerprint density at radius 1 is 1.26 bits per heavy atom. The third-order valence-electron chi connectivity index (χ3n) is 3.99. The highest BCUT2D eigenvalue weighted by atomic mass is 35.5. The Balaban J connectivity index is 2.01.